The molecule has 0 bridgehead atoms. The number of likely N-dealkylation sites (N-methyl/N-ethyl adjacent to an activating group) is 1. The minimum atomic E-state index is -0.474. The smallest absolute Gasteiger partial charge is 0.262 e. The molecule has 0 aromatic heterocycles. The van der Waals surface area contributed by atoms with Crippen molar-refractivity contribution in [1.29, 1.82) is 0 Å². The summed E-state index contributed by atoms with van der Waals surface area (Å²) in [5, 5.41) is 2.68. The molecule has 5 heteroatoms. The van der Waals surface area contributed by atoms with Crippen LogP contribution in [0.25, 0.3) is 0 Å². The third-order valence-electron chi connectivity index (χ3n) is 5.13. The summed E-state index contributed by atoms with van der Waals surface area (Å²) in [6.07, 6.45) is 4.94. The number of anilines is 1. The predicted octanol–water partition coefficient (Wildman–Crippen LogP) is 2.60. The first-order valence-corrected chi connectivity index (χ1v) is 9.03. The molecule has 0 radical (unpaired) electrons. The summed E-state index contributed by atoms with van der Waals surface area (Å²) < 4.78 is 12.0. The summed E-state index contributed by atoms with van der Waals surface area (Å²) in [7, 11) is 1.64. The van der Waals surface area contributed by atoms with E-state index in [0.29, 0.717) is 25.2 Å². The van der Waals surface area contributed by atoms with E-state index in [-0.39, 0.29) is 5.91 Å². The third-order valence-corrected chi connectivity index (χ3v) is 5.13. The average molecular weight is 332 g/mol. The second-order valence-electron chi connectivity index (χ2n) is 6.81. The van der Waals surface area contributed by atoms with E-state index < -0.39 is 6.10 Å². The standard InChI is InChI=1S/C19H28N2O3/c1-14-7-3-5-9-16(14)23-12-11-21-13-18(19(22)20-2)24-17-10-6-4-8-15(17)21/h4,6,8,10,14,16,18H,3,5,7,9,11-13H2,1-2H3,(H,20,22)/t14-,16-,18-/m0/s1. The molecule has 5 nitrogen and oxygen atoms in total. The Hall–Kier alpha value is -1.75. The third kappa shape index (κ3) is 3.83. The quantitative estimate of drug-likeness (QED) is 0.900. The molecule has 132 valence electrons. The van der Waals surface area contributed by atoms with E-state index in [2.05, 4.69) is 17.1 Å². The number of carbonyl (C=O) groups is 1. The Balaban J connectivity index is 1.61. The van der Waals surface area contributed by atoms with Crippen LogP contribution in [0, 0.1) is 5.92 Å². The largest absolute Gasteiger partial charge is 0.477 e. The summed E-state index contributed by atoms with van der Waals surface area (Å²) in [6, 6.07) is 7.89. The van der Waals surface area contributed by atoms with Crippen LogP contribution < -0.4 is 15.0 Å². The highest BCUT2D eigenvalue weighted by Gasteiger charge is 2.30. The SMILES string of the molecule is CNC(=O)[C@@H]1CN(CCO[C@H]2CCCC[C@@H]2C)c2ccccc2O1. The van der Waals surface area contributed by atoms with Crippen LogP contribution in [0.3, 0.4) is 0 Å². The van der Waals surface area contributed by atoms with Crippen molar-refractivity contribution in [1.82, 2.24) is 5.32 Å². The van der Waals surface area contributed by atoms with Crippen LogP contribution in [0.4, 0.5) is 5.69 Å². The van der Waals surface area contributed by atoms with Crippen LogP contribution in [0.2, 0.25) is 0 Å². The lowest BCUT2D eigenvalue weighted by Crippen LogP contribution is -2.49. The number of para-hydroxylation sites is 2. The van der Waals surface area contributed by atoms with Crippen molar-refractivity contribution in [3.8, 4) is 5.75 Å². The number of hydrogen-bond acceptors (Lipinski definition) is 4. The zero-order valence-electron chi connectivity index (χ0n) is 14.7. The Labute approximate surface area is 144 Å². The molecule has 1 heterocycles. The van der Waals surface area contributed by atoms with E-state index in [1.54, 1.807) is 7.05 Å². The number of hydrogen-bond donors (Lipinski definition) is 1. The van der Waals surface area contributed by atoms with Gasteiger partial charge >= 0.3 is 0 Å². The van der Waals surface area contributed by atoms with E-state index in [0.717, 1.165) is 18.0 Å². The van der Waals surface area contributed by atoms with Gasteiger partial charge in [0.15, 0.2) is 6.10 Å². The van der Waals surface area contributed by atoms with Gasteiger partial charge in [0.2, 0.25) is 0 Å². The lowest BCUT2D eigenvalue weighted by atomic mass is 9.88. The molecule has 1 N–H and O–H groups in total. The molecule has 1 fully saturated rings. The predicted molar refractivity (Wildman–Crippen MR) is 94.5 cm³/mol. The Kier molecular flexibility index (Phi) is 5.61. The molecule has 1 aromatic rings. The molecule has 2 aliphatic rings. The summed E-state index contributed by atoms with van der Waals surface area (Å²) >= 11 is 0. The van der Waals surface area contributed by atoms with E-state index in [9.17, 15) is 4.79 Å². The Morgan fingerprint density at radius 3 is 2.92 bits per heavy atom. The second kappa shape index (κ2) is 7.88. The number of fused-ring (bicyclic) bond motifs is 1. The molecule has 1 saturated carbocycles. The fraction of sp³-hybridized carbons (Fsp3) is 0.632. The van der Waals surface area contributed by atoms with E-state index in [1.807, 2.05) is 24.3 Å². The molecule has 0 unspecified atom stereocenters. The highest BCUT2D eigenvalue weighted by molar-refractivity contribution is 5.83. The Morgan fingerprint density at radius 1 is 1.33 bits per heavy atom. The maximum absolute atomic E-state index is 12.0. The van der Waals surface area contributed by atoms with Gasteiger partial charge in [-0.05, 0) is 30.9 Å². The molecule has 1 aliphatic carbocycles. The maximum atomic E-state index is 12.0. The van der Waals surface area contributed by atoms with Gasteiger partial charge < -0.3 is 19.7 Å². The Morgan fingerprint density at radius 2 is 2.12 bits per heavy atom. The first kappa shape index (κ1) is 17.1. The van der Waals surface area contributed by atoms with Crippen LogP contribution in [0.1, 0.15) is 32.6 Å². The lowest BCUT2D eigenvalue weighted by Gasteiger charge is -2.36. The summed E-state index contributed by atoms with van der Waals surface area (Å²) in [5.74, 6) is 1.33. The van der Waals surface area contributed by atoms with Crippen LogP contribution in [-0.2, 0) is 9.53 Å². The van der Waals surface area contributed by atoms with Crippen molar-refractivity contribution in [2.45, 2.75) is 44.8 Å². The van der Waals surface area contributed by atoms with Crippen molar-refractivity contribution < 1.29 is 14.3 Å². The molecule has 0 saturated heterocycles. The molecule has 3 atom stereocenters. The van der Waals surface area contributed by atoms with Gasteiger partial charge in [-0.3, -0.25) is 4.79 Å². The molecule has 1 aliphatic heterocycles. The van der Waals surface area contributed by atoms with Gasteiger partial charge in [-0.25, -0.2) is 0 Å². The van der Waals surface area contributed by atoms with E-state index in [4.69, 9.17) is 9.47 Å². The molecule has 3 rings (SSSR count). The number of carbonyl (C=O) groups excluding carboxylic acids is 1. The summed E-state index contributed by atoms with van der Waals surface area (Å²) in [4.78, 5) is 14.2. The van der Waals surface area contributed by atoms with Gasteiger partial charge in [0, 0.05) is 13.6 Å². The van der Waals surface area contributed by atoms with Gasteiger partial charge in [-0.15, -0.1) is 0 Å². The van der Waals surface area contributed by atoms with Crippen LogP contribution >= 0.6 is 0 Å². The fourth-order valence-corrected chi connectivity index (χ4v) is 3.66. The van der Waals surface area contributed by atoms with Crippen molar-refractivity contribution in [2.24, 2.45) is 5.92 Å². The molecular weight excluding hydrogens is 304 g/mol. The van der Waals surface area contributed by atoms with Gasteiger partial charge in [0.1, 0.15) is 5.75 Å². The van der Waals surface area contributed by atoms with Gasteiger partial charge in [0.05, 0.1) is 24.9 Å². The number of ether oxygens (including phenoxy) is 2. The second-order valence-corrected chi connectivity index (χ2v) is 6.81. The summed E-state index contributed by atoms with van der Waals surface area (Å²) in [5.41, 5.74) is 1.04. The number of rotatable bonds is 5. The van der Waals surface area contributed by atoms with Crippen molar-refractivity contribution in [3.63, 3.8) is 0 Å². The number of amides is 1. The highest BCUT2D eigenvalue weighted by atomic mass is 16.5. The van der Waals surface area contributed by atoms with E-state index >= 15 is 0 Å². The molecular formula is C19H28N2O3. The average Bonchev–Trinajstić information content (AvgIpc) is 2.62. The first-order chi connectivity index (χ1) is 11.7. The monoisotopic (exact) mass is 332 g/mol. The van der Waals surface area contributed by atoms with Crippen molar-refractivity contribution in [3.05, 3.63) is 24.3 Å². The summed E-state index contributed by atoms with van der Waals surface area (Å²) in [6.45, 7) is 4.30. The topological polar surface area (TPSA) is 50.8 Å². The molecule has 1 aromatic carbocycles. The molecule has 1 amide bonds. The minimum absolute atomic E-state index is 0.0867. The lowest BCUT2D eigenvalue weighted by molar-refractivity contribution is -0.127. The fourth-order valence-electron chi connectivity index (χ4n) is 3.66. The van der Waals surface area contributed by atoms with Gasteiger partial charge in [-0.1, -0.05) is 31.9 Å². The Bertz CT molecular complexity index is 563. The maximum Gasteiger partial charge on any atom is 0.262 e. The first-order valence-electron chi connectivity index (χ1n) is 9.03. The number of nitrogens with zero attached hydrogens (tertiary/aromatic N) is 1. The van der Waals surface area contributed by atoms with Gasteiger partial charge in [0.25, 0.3) is 5.91 Å². The van der Waals surface area contributed by atoms with Crippen LogP contribution in [0.15, 0.2) is 24.3 Å². The van der Waals surface area contributed by atoms with Crippen molar-refractivity contribution >= 4 is 11.6 Å². The normalized spacial score (nSPS) is 26.4. The number of benzene rings is 1. The highest BCUT2D eigenvalue weighted by Crippen LogP contribution is 2.33. The zero-order valence-corrected chi connectivity index (χ0v) is 14.7. The molecule has 24 heavy (non-hydrogen) atoms. The van der Waals surface area contributed by atoms with Gasteiger partial charge in [-0.2, -0.15) is 0 Å². The number of nitrogens with one attached hydrogen (secondary N) is 1. The van der Waals surface area contributed by atoms with Crippen LogP contribution in [0.5, 0.6) is 5.75 Å². The van der Waals surface area contributed by atoms with Crippen LogP contribution in [-0.4, -0.2) is 44.9 Å². The van der Waals surface area contributed by atoms with Crippen molar-refractivity contribution in [2.75, 3.05) is 31.6 Å². The van der Waals surface area contributed by atoms with E-state index in [1.165, 1.54) is 25.7 Å². The zero-order chi connectivity index (χ0) is 16.9. The molecule has 0 spiro atoms. The minimum Gasteiger partial charge on any atom is -0.477 e.